The minimum Gasteiger partial charge on any atom is -0.505 e. The highest BCUT2D eigenvalue weighted by molar-refractivity contribution is 14.1. The highest BCUT2D eigenvalue weighted by Gasteiger charge is 2.27. The van der Waals surface area contributed by atoms with E-state index in [1.807, 2.05) is 43.4 Å². The minimum absolute atomic E-state index is 0.0478. The molecule has 1 atom stereocenters. The fraction of sp³-hybridized carbons (Fsp3) is 0.500. The first-order valence-electron chi connectivity index (χ1n) is 5.64. The van der Waals surface area contributed by atoms with Crippen LogP contribution in [0, 0.1) is 9.12 Å². The Balaban J connectivity index is 3.03. The van der Waals surface area contributed by atoms with Crippen molar-refractivity contribution in [3.05, 3.63) is 20.5 Å². The summed E-state index contributed by atoms with van der Waals surface area (Å²) in [5.74, 6) is -0.0972. The first-order chi connectivity index (χ1) is 8.61. The van der Waals surface area contributed by atoms with Gasteiger partial charge in [-0.25, -0.2) is 9.78 Å². The quantitative estimate of drug-likeness (QED) is 0.539. The van der Waals surface area contributed by atoms with E-state index in [9.17, 15) is 9.90 Å². The molecule has 0 aliphatic carbocycles. The molecule has 1 heterocycles. The number of aromatic nitrogens is 1. The maximum atomic E-state index is 10.9. The van der Waals surface area contributed by atoms with Gasteiger partial charge in [0, 0.05) is 6.04 Å². The lowest BCUT2D eigenvalue weighted by atomic mass is 9.83. The van der Waals surface area contributed by atoms with Crippen molar-refractivity contribution in [3.63, 3.8) is 0 Å². The molecule has 1 aromatic rings. The number of carbonyl (C=O) groups is 1. The summed E-state index contributed by atoms with van der Waals surface area (Å²) < 4.78 is 0.654. The Morgan fingerprint density at radius 1 is 1.58 bits per heavy atom. The smallest absolute Gasteiger partial charge is 0.404 e. The normalized spacial score (nSPS) is 13.1. The summed E-state index contributed by atoms with van der Waals surface area (Å²) in [5, 5.41) is 21.0. The maximum absolute atomic E-state index is 10.9. The van der Waals surface area contributed by atoms with Crippen LogP contribution >= 0.6 is 34.2 Å². The van der Waals surface area contributed by atoms with Crippen LogP contribution in [0.2, 0.25) is 5.15 Å². The summed E-state index contributed by atoms with van der Waals surface area (Å²) >= 11 is 7.74. The zero-order chi connectivity index (χ0) is 14.8. The van der Waals surface area contributed by atoms with Crippen molar-refractivity contribution in [3.8, 4) is 5.75 Å². The van der Waals surface area contributed by atoms with Crippen LogP contribution in [0.25, 0.3) is 0 Å². The van der Waals surface area contributed by atoms with Gasteiger partial charge in [-0.3, -0.25) is 0 Å². The topological polar surface area (TPSA) is 82.5 Å². The Bertz CT molecular complexity index is 489. The zero-order valence-corrected chi connectivity index (χ0v) is 13.8. The molecule has 0 spiro atoms. The summed E-state index contributed by atoms with van der Waals surface area (Å²) in [4.78, 5) is 14.9. The Kier molecular flexibility index (Phi) is 5.26. The third-order valence-electron chi connectivity index (χ3n) is 2.75. The molecule has 19 heavy (non-hydrogen) atoms. The Morgan fingerprint density at radius 2 is 2.16 bits per heavy atom. The van der Waals surface area contributed by atoms with E-state index < -0.39 is 6.09 Å². The molecule has 0 saturated carbocycles. The monoisotopic (exact) mass is 398 g/mol. The number of hydrogen-bond acceptors (Lipinski definition) is 3. The molecular formula is C12H16ClIN2O3. The number of rotatable bonds is 3. The van der Waals surface area contributed by atoms with Gasteiger partial charge in [0.2, 0.25) is 0 Å². The second-order valence-electron chi connectivity index (χ2n) is 5.32. The summed E-state index contributed by atoms with van der Waals surface area (Å²) in [6, 6.07) is 1.24. The summed E-state index contributed by atoms with van der Waals surface area (Å²) in [7, 11) is 0. The Hall–Kier alpha value is -0.760. The van der Waals surface area contributed by atoms with Crippen molar-refractivity contribution < 1.29 is 15.0 Å². The van der Waals surface area contributed by atoms with Gasteiger partial charge in [0.05, 0.1) is 0 Å². The van der Waals surface area contributed by atoms with Gasteiger partial charge in [-0.2, -0.15) is 0 Å². The summed E-state index contributed by atoms with van der Waals surface area (Å²) in [6.45, 7) is 5.84. The van der Waals surface area contributed by atoms with E-state index in [4.69, 9.17) is 16.7 Å². The van der Waals surface area contributed by atoms with E-state index in [1.54, 1.807) is 0 Å². The molecule has 0 bridgehead atoms. The molecular weight excluding hydrogens is 383 g/mol. The van der Waals surface area contributed by atoms with Crippen LogP contribution in [-0.2, 0) is 6.42 Å². The largest absolute Gasteiger partial charge is 0.505 e. The maximum Gasteiger partial charge on any atom is 0.404 e. The first-order valence-corrected chi connectivity index (χ1v) is 7.10. The number of aromatic hydroxyl groups is 1. The predicted molar refractivity (Wildman–Crippen MR) is 81.7 cm³/mol. The third kappa shape index (κ3) is 4.68. The SMILES string of the molecule is CC(C)(C)C(Cc1cc(O)c(Cl)nc1I)NC(=O)O. The molecule has 5 nitrogen and oxygen atoms in total. The number of amides is 1. The molecule has 0 aliphatic heterocycles. The number of halogens is 2. The van der Waals surface area contributed by atoms with Gasteiger partial charge in [-0.1, -0.05) is 32.4 Å². The fourth-order valence-electron chi connectivity index (χ4n) is 1.59. The molecule has 106 valence electrons. The fourth-order valence-corrected chi connectivity index (χ4v) is 2.48. The van der Waals surface area contributed by atoms with Gasteiger partial charge >= 0.3 is 6.09 Å². The number of pyridine rings is 1. The molecule has 0 aromatic carbocycles. The highest BCUT2D eigenvalue weighted by atomic mass is 127. The van der Waals surface area contributed by atoms with Gasteiger partial charge in [-0.15, -0.1) is 0 Å². The van der Waals surface area contributed by atoms with E-state index in [-0.39, 0.29) is 22.4 Å². The number of hydrogen-bond donors (Lipinski definition) is 3. The van der Waals surface area contributed by atoms with Crippen LogP contribution in [0.1, 0.15) is 26.3 Å². The van der Waals surface area contributed by atoms with Crippen molar-refractivity contribution in [2.45, 2.75) is 33.2 Å². The van der Waals surface area contributed by atoms with Gasteiger partial charge in [0.1, 0.15) is 3.70 Å². The lowest BCUT2D eigenvalue weighted by molar-refractivity contribution is 0.174. The average Bonchev–Trinajstić information content (AvgIpc) is 2.22. The van der Waals surface area contributed by atoms with Crippen LogP contribution in [-0.4, -0.2) is 27.3 Å². The highest BCUT2D eigenvalue weighted by Crippen LogP contribution is 2.28. The van der Waals surface area contributed by atoms with E-state index in [1.165, 1.54) is 6.07 Å². The standard InChI is InChI=1S/C12H16ClIN2O3/c1-12(2,3)8(15-11(18)19)5-6-4-7(17)9(13)16-10(6)14/h4,8,15,17H,5H2,1-3H3,(H,18,19). The first kappa shape index (κ1) is 16.3. The molecule has 0 radical (unpaired) electrons. The predicted octanol–water partition coefficient (Wildman–Crippen LogP) is 3.27. The van der Waals surface area contributed by atoms with Crippen LogP contribution < -0.4 is 5.32 Å². The van der Waals surface area contributed by atoms with E-state index in [0.29, 0.717) is 10.1 Å². The minimum atomic E-state index is -1.07. The molecule has 1 aromatic heterocycles. The molecule has 7 heteroatoms. The van der Waals surface area contributed by atoms with Crippen LogP contribution in [0.15, 0.2) is 6.07 Å². The van der Waals surface area contributed by atoms with Gasteiger partial charge in [0.15, 0.2) is 10.9 Å². The second-order valence-corrected chi connectivity index (χ2v) is 6.70. The average molecular weight is 399 g/mol. The van der Waals surface area contributed by atoms with E-state index in [2.05, 4.69) is 10.3 Å². The van der Waals surface area contributed by atoms with Crippen LogP contribution in [0.5, 0.6) is 5.75 Å². The lowest BCUT2D eigenvalue weighted by Crippen LogP contribution is -2.44. The molecule has 1 unspecified atom stereocenters. The third-order valence-corrected chi connectivity index (χ3v) is 3.96. The van der Waals surface area contributed by atoms with Gasteiger partial charge in [0.25, 0.3) is 0 Å². The summed E-state index contributed by atoms with van der Waals surface area (Å²) in [5.41, 5.74) is 0.507. The van der Waals surface area contributed by atoms with E-state index >= 15 is 0 Å². The van der Waals surface area contributed by atoms with Crippen molar-refractivity contribution >= 4 is 40.3 Å². The van der Waals surface area contributed by atoms with Crippen LogP contribution in [0.4, 0.5) is 4.79 Å². The molecule has 3 N–H and O–H groups in total. The number of nitrogens with zero attached hydrogens (tertiary/aromatic N) is 1. The van der Waals surface area contributed by atoms with E-state index in [0.717, 1.165) is 5.56 Å². The summed E-state index contributed by atoms with van der Waals surface area (Å²) in [6.07, 6.45) is -0.632. The molecule has 1 amide bonds. The van der Waals surface area contributed by atoms with Crippen molar-refractivity contribution in [1.29, 1.82) is 0 Å². The lowest BCUT2D eigenvalue weighted by Gasteiger charge is -2.30. The van der Waals surface area contributed by atoms with Crippen molar-refractivity contribution in [1.82, 2.24) is 10.3 Å². The zero-order valence-electron chi connectivity index (χ0n) is 10.9. The Labute approximate surface area is 130 Å². The molecule has 0 aliphatic rings. The molecule has 1 rings (SSSR count). The number of nitrogens with one attached hydrogen (secondary N) is 1. The van der Waals surface area contributed by atoms with Crippen LogP contribution in [0.3, 0.4) is 0 Å². The number of carboxylic acid groups (broad SMARTS) is 1. The van der Waals surface area contributed by atoms with Gasteiger partial charge < -0.3 is 15.5 Å². The van der Waals surface area contributed by atoms with Gasteiger partial charge in [-0.05, 0) is 46.1 Å². The second kappa shape index (κ2) is 6.13. The van der Waals surface area contributed by atoms with Crippen molar-refractivity contribution in [2.24, 2.45) is 5.41 Å². The molecule has 0 saturated heterocycles. The Morgan fingerprint density at radius 3 is 2.63 bits per heavy atom. The van der Waals surface area contributed by atoms with Crippen molar-refractivity contribution in [2.75, 3.05) is 0 Å². The molecule has 0 fully saturated rings.